The number of carbonyl (C=O) groups excluding carboxylic acids is 2. The van der Waals surface area contributed by atoms with Crippen molar-refractivity contribution in [1.29, 1.82) is 0 Å². The van der Waals surface area contributed by atoms with E-state index in [-0.39, 0.29) is 0 Å². The van der Waals surface area contributed by atoms with Crippen LogP contribution >= 0.6 is 0 Å². The molecule has 1 aromatic heterocycles. The van der Waals surface area contributed by atoms with E-state index in [2.05, 4.69) is 4.98 Å². The first-order chi connectivity index (χ1) is 9.74. The molecular weight excluding hydrogens is 254 g/mol. The Morgan fingerprint density at radius 3 is 2.20 bits per heavy atom. The van der Waals surface area contributed by atoms with Crippen LogP contribution in [0.2, 0.25) is 0 Å². The van der Waals surface area contributed by atoms with Gasteiger partial charge in [-0.15, -0.1) is 0 Å². The highest BCUT2D eigenvalue weighted by Gasteiger charge is 2.34. The molecule has 1 aliphatic rings. The van der Waals surface area contributed by atoms with Gasteiger partial charge in [-0.1, -0.05) is 24.3 Å². The zero-order valence-electron chi connectivity index (χ0n) is 10.8. The predicted molar refractivity (Wildman–Crippen MR) is 73.8 cm³/mol. The summed E-state index contributed by atoms with van der Waals surface area (Å²) >= 11 is 0. The Kier molecular flexibility index (Phi) is 2.91. The number of hydrogen-bond donors (Lipinski definition) is 0. The van der Waals surface area contributed by atoms with Gasteiger partial charge in [-0.2, -0.15) is 0 Å². The molecule has 20 heavy (non-hydrogen) atoms. The largest absolute Gasteiger partial charge is 0.495 e. The van der Waals surface area contributed by atoms with E-state index in [0.29, 0.717) is 28.0 Å². The number of allylic oxidation sites excluding steroid dienone is 1. The van der Waals surface area contributed by atoms with E-state index in [4.69, 9.17) is 4.74 Å². The average Bonchev–Trinajstić information content (AvgIpc) is 2.51. The fourth-order valence-corrected chi connectivity index (χ4v) is 2.35. The summed E-state index contributed by atoms with van der Waals surface area (Å²) in [6, 6.07) is 10.3. The van der Waals surface area contributed by atoms with Gasteiger partial charge in [-0.25, -0.2) is 0 Å². The van der Waals surface area contributed by atoms with E-state index in [0.717, 1.165) is 0 Å². The molecule has 0 radical (unpaired) electrons. The number of pyridine rings is 1. The summed E-state index contributed by atoms with van der Waals surface area (Å²) < 4.78 is 5.39. The molecule has 4 nitrogen and oxygen atoms in total. The quantitative estimate of drug-likeness (QED) is 0.782. The summed E-state index contributed by atoms with van der Waals surface area (Å²) in [5, 5.41) is 0. The van der Waals surface area contributed by atoms with Gasteiger partial charge < -0.3 is 4.74 Å². The number of hydrogen-bond acceptors (Lipinski definition) is 4. The van der Waals surface area contributed by atoms with Crippen molar-refractivity contribution in [2.24, 2.45) is 0 Å². The maximum atomic E-state index is 12.3. The number of benzene rings is 1. The van der Waals surface area contributed by atoms with Crippen molar-refractivity contribution < 1.29 is 14.3 Å². The number of rotatable bonds is 2. The molecule has 0 unspecified atom stereocenters. The van der Waals surface area contributed by atoms with E-state index in [1.807, 2.05) is 6.07 Å². The molecule has 0 aliphatic heterocycles. The van der Waals surface area contributed by atoms with Crippen LogP contribution in [0.1, 0.15) is 21.5 Å². The molecule has 0 atom stereocenters. The Balaban J connectivity index is 2.33. The van der Waals surface area contributed by atoms with Crippen LogP contribution in [0.3, 0.4) is 0 Å². The molecule has 0 saturated heterocycles. The summed E-state index contributed by atoms with van der Waals surface area (Å²) in [7, 11) is 1.50. The molecule has 1 heterocycles. The van der Waals surface area contributed by atoms with Crippen molar-refractivity contribution in [2.75, 3.05) is 7.11 Å². The predicted octanol–water partition coefficient (Wildman–Crippen LogP) is 2.36. The number of nitrogens with zero attached hydrogens (tertiary/aromatic N) is 1. The molecule has 0 fully saturated rings. The van der Waals surface area contributed by atoms with Crippen LogP contribution in [0, 0.1) is 0 Å². The molecule has 0 N–H and O–H groups in total. The molecule has 0 spiro atoms. The third-order valence-corrected chi connectivity index (χ3v) is 3.25. The highest BCUT2D eigenvalue weighted by Crippen LogP contribution is 2.34. The third kappa shape index (κ3) is 1.73. The van der Waals surface area contributed by atoms with Crippen LogP contribution in [-0.2, 0) is 9.53 Å². The van der Waals surface area contributed by atoms with Crippen molar-refractivity contribution >= 4 is 22.9 Å². The van der Waals surface area contributed by atoms with Crippen LogP contribution in [-0.4, -0.2) is 23.7 Å². The van der Waals surface area contributed by atoms with Crippen molar-refractivity contribution in [3.8, 4) is 0 Å². The third-order valence-electron chi connectivity index (χ3n) is 3.25. The lowest BCUT2D eigenvalue weighted by atomic mass is 9.85. The number of ketones is 2. The van der Waals surface area contributed by atoms with Gasteiger partial charge in [0.05, 0.1) is 12.7 Å². The molecular formula is C16H11NO3. The van der Waals surface area contributed by atoms with Gasteiger partial charge in [0.2, 0.25) is 11.6 Å². The SMILES string of the molecule is COC1=C(c2ccncc2)C(=O)C(=O)c2ccccc21. The topological polar surface area (TPSA) is 56.3 Å². The molecule has 0 amide bonds. The molecule has 0 bridgehead atoms. The molecule has 98 valence electrons. The molecule has 1 aliphatic carbocycles. The van der Waals surface area contributed by atoms with Crippen molar-refractivity contribution in [2.45, 2.75) is 0 Å². The highest BCUT2D eigenvalue weighted by molar-refractivity contribution is 6.62. The first-order valence-corrected chi connectivity index (χ1v) is 6.11. The molecule has 0 saturated carbocycles. The normalized spacial score (nSPS) is 14.2. The maximum Gasteiger partial charge on any atom is 0.237 e. The van der Waals surface area contributed by atoms with Crippen LogP contribution < -0.4 is 0 Å². The number of methoxy groups -OCH3 is 1. The lowest BCUT2D eigenvalue weighted by Crippen LogP contribution is -2.23. The smallest absolute Gasteiger partial charge is 0.237 e. The lowest BCUT2D eigenvalue weighted by Gasteiger charge is -2.20. The second kappa shape index (κ2) is 4.74. The van der Waals surface area contributed by atoms with Gasteiger partial charge in [0, 0.05) is 23.5 Å². The number of fused-ring (bicyclic) bond motifs is 1. The van der Waals surface area contributed by atoms with Crippen molar-refractivity contribution in [3.05, 3.63) is 65.5 Å². The second-order valence-corrected chi connectivity index (χ2v) is 4.35. The van der Waals surface area contributed by atoms with Gasteiger partial charge in [0.1, 0.15) is 5.76 Å². The zero-order valence-corrected chi connectivity index (χ0v) is 10.8. The molecule has 2 aromatic rings. The van der Waals surface area contributed by atoms with E-state index in [1.165, 1.54) is 7.11 Å². The molecule has 4 heteroatoms. The van der Waals surface area contributed by atoms with Gasteiger partial charge >= 0.3 is 0 Å². The standard InChI is InChI=1S/C16H11NO3/c1-20-16-12-5-3-2-4-11(12)14(18)15(19)13(16)10-6-8-17-9-7-10/h2-9H,1H3. The van der Waals surface area contributed by atoms with Crippen LogP contribution in [0.15, 0.2) is 48.8 Å². The Morgan fingerprint density at radius 1 is 0.900 bits per heavy atom. The van der Waals surface area contributed by atoms with Crippen LogP contribution in [0.25, 0.3) is 11.3 Å². The molecule has 3 rings (SSSR count). The van der Waals surface area contributed by atoms with Gasteiger partial charge in [-0.05, 0) is 17.7 Å². The van der Waals surface area contributed by atoms with Gasteiger partial charge in [-0.3, -0.25) is 14.6 Å². The van der Waals surface area contributed by atoms with Crippen LogP contribution in [0.4, 0.5) is 0 Å². The first kappa shape index (κ1) is 12.3. The fraction of sp³-hybridized carbons (Fsp3) is 0.0625. The molecule has 1 aromatic carbocycles. The summed E-state index contributed by atoms with van der Waals surface area (Å²) in [6.07, 6.45) is 3.15. The van der Waals surface area contributed by atoms with Crippen LogP contribution in [0.5, 0.6) is 0 Å². The minimum atomic E-state index is -0.549. The number of aromatic nitrogens is 1. The Morgan fingerprint density at radius 2 is 1.55 bits per heavy atom. The lowest BCUT2D eigenvalue weighted by molar-refractivity contribution is -0.110. The summed E-state index contributed by atoms with van der Waals surface area (Å²) in [5.41, 5.74) is 1.95. The number of ether oxygens (including phenoxy) is 1. The van der Waals surface area contributed by atoms with Gasteiger partial charge in [0.15, 0.2) is 0 Å². The second-order valence-electron chi connectivity index (χ2n) is 4.35. The van der Waals surface area contributed by atoms with E-state index < -0.39 is 11.6 Å². The minimum Gasteiger partial charge on any atom is -0.495 e. The van der Waals surface area contributed by atoms with Crippen molar-refractivity contribution in [3.63, 3.8) is 0 Å². The van der Waals surface area contributed by atoms with E-state index in [1.54, 1.807) is 42.7 Å². The van der Waals surface area contributed by atoms with Crippen molar-refractivity contribution in [1.82, 2.24) is 4.98 Å². The first-order valence-electron chi connectivity index (χ1n) is 6.11. The maximum absolute atomic E-state index is 12.3. The monoisotopic (exact) mass is 265 g/mol. The highest BCUT2D eigenvalue weighted by atomic mass is 16.5. The zero-order chi connectivity index (χ0) is 14.1. The Hall–Kier alpha value is -2.75. The minimum absolute atomic E-state index is 0.290. The summed E-state index contributed by atoms with van der Waals surface area (Å²) in [4.78, 5) is 28.5. The average molecular weight is 265 g/mol. The summed E-state index contributed by atoms with van der Waals surface area (Å²) in [5.74, 6) is -0.628. The fourth-order valence-electron chi connectivity index (χ4n) is 2.35. The van der Waals surface area contributed by atoms with E-state index in [9.17, 15) is 9.59 Å². The Bertz CT molecular complexity index is 732. The number of Topliss-reactive ketones (excluding diaryl/α,β-unsaturated/α-hetero) is 2. The van der Waals surface area contributed by atoms with Gasteiger partial charge in [0.25, 0.3) is 0 Å². The Labute approximate surface area is 115 Å². The van der Waals surface area contributed by atoms with E-state index >= 15 is 0 Å². The number of carbonyl (C=O) groups is 2. The summed E-state index contributed by atoms with van der Waals surface area (Å²) in [6.45, 7) is 0.